The van der Waals surface area contributed by atoms with Gasteiger partial charge in [-0.15, -0.1) is 11.6 Å². The summed E-state index contributed by atoms with van der Waals surface area (Å²) in [5, 5.41) is 0.333. The number of alkyl halides is 1. The Balaban J connectivity index is 3.41. The van der Waals surface area contributed by atoms with Crippen LogP contribution in [0.5, 0.6) is 0 Å². The van der Waals surface area contributed by atoms with Crippen molar-refractivity contribution in [2.75, 3.05) is 0 Å². The number of hydrogen-bond donors (Lipinski definition) is 0. The zero-order chi connectivity index (χ0) is 12.4. The van der Waals surface area contributed by atoms with Crippen LogP contribution < -0.4 is 0 Å². The highest BCUT2D eigenvalue weighted by molar-refractivity contribution is 6.20. The predicted molar refractivity (Wildman–Crippen MR) is 76.3 cm³/mol. The van der Waals surface area contributed by atoms with E-state index in [-0.39, 0.29) is 0 Å². The summed E-state index contributed by atoms with van der Waals surface area (Å²) < 4.78 is 0. The number of hydrogen-bond acceptors (Lipinski definition) is 0. The minimum absolute atomic E-state index is 0.333. The minimum atomic E-state index is 0.333. The summed E-state index contributed by atoms with van der Waals surface area (Å²) in [4.78, 5) is 0. The number of unbranched alkanes of at least 4 members (excludes halogenated alkanes) is 6. The highest BCUT2D eigenvalue weighted by atomic mass is 35.5. The van der Waals surface area contributed by atoms with Crippen molar-refractivity contribution in [1.82, 2.24) is 0 Å². The lowest BCUT2D eigenvalue weighted by Crippen LogP contribution is -2.17. The zero-order valence-electron chi connectivity index (χ0n) is 11.8. The van der Waals surface area contributed by atoms with E-state index in [1.807, 2.05) is 0 Å². The summed E-state index contributed by atoms with van der Waals surface area (Å²) in [6, 6.07) is 0. The van der Waals surface area contributed by atoms with E-state index in [9.17, 15) is 0 Å². The molecule has 98 valence electrons. The third kappa shape index (κ3) is 8.44. The van der Waals surface area contributed by atoms with Crippen molar-refractivity contribution in [3.05, 3.63) is 0 Å². The molecule has 0 aliphatic carbocycles. The summed E-state index contributed by atoms with van der Waals surface area (Å²) in [7, 11) is 0. The molecule has 1 heteroatoms. The Morgan fingerprint density at radius 1 is 0.812 bits per heavy atom. The number of halogens is 1. The van der Waals surface area contributed by atoms with Crippen LogP contribution in [0.15, 0.2) is 0 Å². The molecule has 0 heterocycles. The monoisotopic (exact) mass is 246 g/mol. The molecule has 0 bridgehead atoms. The smallest absolute Gasteiger partial charge is 0.0338 e. The van der Waals surface area contributed by atoms with E-state index in [0.29, 0.717) is 11.3 Å². The van der Waals surface area contributed by atoms with Gasteiger partial charge in [0.2, 0.25) is 0 Å². The number of rotatable bonds is 10. The largest absolute Gasteiger partial charge is 0.123 e. The molecular formula is C15H31Cl. The van der Waals surface area contributed by atoms with Crippen LogP contribution in [0.2, 0.25) is 0 Å². The molecule has 0 aromatic carbocycles. The van der Waals surface area contributed by atoms with Crippen molar-refractivity contribution in [1.29, 1.82) is 0 Å². The van der Waals surface area contributed by atoms with Gasteiger partial charge in [-0.2, -0.15) is 0 Å². The topological polar surface area (TPSA) is 0 Å². The normalized spacial score (nSPS) is 15.4. The second-order valence-corrected chi connectivity index (χ2v) is 6.18. The highest BCUT2D eigenvalue weighted by Crippen LogP contribution is 2.25. The maximum atomic E-state index is 6.22. The molecule has 0 aliphatic rings. The Morgan fingerprint density at radius 2 is 1.31 bits per heavy atom. The van der Waals surface area contributed by atoms with Crippen molar-refractivity contribution in [2.24, 2.45) is 11.8 Å². The van der Waals surface area contributed by atoms with Crippen molar-refractivity contribution in [3.63, 3.8) is 0 Å². The Hall–Kier alpha value is 0.290. The summed E-state index contributed by atoms with van der Waals surface area (Å²) in [5.41, 5.74) is 0. The third-order valence-electron chi connectivity index (χ3n) is 3.59. The van der Waals surface area contributed by atoms with Gasteiger partial charge in [0, 0.05) is 5.38 Å². The zero-order valence-corrected chi connectivity index (χ0v) is 12.5. The fourth-order valence-electron chi connectivity index (χ4n) is 2.43. The first-order valence-electron chi connectivity index (χ1n) is 7.23. The van der Waals surface area contributed by atoms with Crippen LogP contribution in [-0.4, -0.2) is 5.38 Å². The molecule has 0 N–H and O–H groups in total. The maximum absolute atomic E-state index is 6.22. The van der Waals surface area contributed by atoms with E-state index in [1.165, 1.54) is 51.4 Å². The Labute approximate surface area is 108 Å². The Bertz CT molecular complexity index is 132. The van der Waals surface area contributed by atoms with Crippen LogP contribution in [0.3, 0.4) is 0 Å². The Morgan fingerprint density at radius 3 is 1.75 bits per heavy atom. The molecule has 0 aromatic heterocycles. The lowest BCUT2D eigenvalue weighted by Gasteiger charge is -2.23. The maximum Gasteiger partial charge on any atom is 0.0338 e. The molecule has 16 heavy (non-hydrogen) atoms. The van der Waals surface area contributed by atoms with E-state index in [1.54, 1.807) is 0 Å². The van der Waals surface area contributed by atoms with Gasteiger partial charge in [0.15, 0.2) is 0 Å². The van der Waals surface area contributed by atoms with Crippen LogP contribution in [0.25, 0.3) is 0 Å². The minimum Gasteiger partial charge on any atom is -0.123 e. The third-order valence-corrected chi connectivity index (χ3v) is 3.91. The van der Waals surface area contributed by atoms with Gasteiger partial charge < -0.3 is 0 Å². The standard InChI is InChI=1S/C15H31Cl/c1-5-6-7-8-9-10-11-12-15(13(2)3)14(4)16/h13-15H,5-12H2,1-4H3. The molecule has 0 aliphatic heterocycles. The van der Waals surface area contributed by atoms with Crippen molar-refractivity contribution >= 4 is 11.6 Å². The van der Waals surface area contributed by atoms with Gasteiger partial charge >= 0.3 is 0 Å². The van der Waals surface area contributed by atoms with Gasteiger partial charge in [-0.25, -0.2) is 0 Å². The molecule has 0 spiro atoms. The fraction of sp³-hybridized carbons (Fsp3) is 1.00. The van der Waals surface area contributed by atoms with Gasteiger partial charge in [-0.05, 0) is 25.2 Å². The van der Waals surface area contributed by atoms with E-state index >= 15 is 0 Å². The summed E-state index contributed by atoms with van der Waals surface area (Å²) in [6.07, 6.45) is 11.1. The first kappa shape index (κ1) is 16.3. The second-order valence-electron chi connectivity index (χ2n) is 5.50. The van der Waals surface area contributed by atoms with Crippen molar-refractivity contribution in [3.8, 4) is 0 Å². The lowest BCUT2D eigenvalue weighted by molar-refractivity contribution is 0.340. The molecule has 0 nitrogen and oxygen atoms in total. The van der Waals surface area contributed by atoms with Gasteiger partial charge in [0.1, 0.15) is 0 Å². The first-order valence-corrected chi connectivity index (χ1v) is 7.67. The van der Waals surface area contributed by atoms with Crippen LogP contribution >= 0.6 is 11.6 Å². The fourth-order valence-corrected chi connectivity index (χ4v) is 2.85. The molecule has 0 aromatic rings. The lowest BCUT2D eigenvalue weighted by atomic mass is 9.87. The SMILES string of the molecule is CCCCCCCCCC(C(C)C)C(C)Cl. The summed E-state index contributed by atoms with van der Waals surface area (Å²) in [6.45, 7) is 9.01. The molecular weight excluding hydrogens is 216 g/mol. The molecule has 0 saturated heterocycles. The van der Waals surface area contributed by atoms with Crippen LogP contribution in [-0.2, 0) is 0 Å². The molecule has 2 atom stereocenters. The molecule has 0 fully saturated rings. The van der Waals surface area contributed by atoms with Crippen LogP contribution in [0.1, 0.15) is 79.1 Å². The summed E-state index contributed by atoms with van der Waals surface area (Å²) >= 11 is 6.22. The van der Waals surface area contributed by atoms with Crippen LogP contribution in [0, 0.1) is 11.8 Å². The van der Waals surface area contributed by atoms with E-state index in [2.05, 4.69) is 27.7 Å². The Kier molecular flexibility index (Phi) is 10.6. The molecule has 0 rings (SSSR count). The predicted octanol–water partition coefficient (Wildman–Crippen LogP) is 6.03. The van der Waals surface area contributed by atoms with Crippen molar-refractivity contribution in [2.45, 2.75) is 84.4 Å². The van der Waals surface area contributed by atoms with E-state index in [0.717, 1.165) is 5.92 Å². The van der Waals surface area contributed by atoms with Gasteiger partial charge in [0.05, 0.1) is 0 Å². The molecule has 0 saturated carbocycles. The average molecular weight is 247 g/mol. The molecule has 2 unspecified atom stereocenters. The molecule has 0 radical (unpaired) electrons. The van der Waals surface area contributed by atoms with Gasteiger partial charge in [0.25, 0.3) is 0 Å². The van der Waals surface area contributed by atoms with E-state index in [4.69, 9.17) is 11.6 Å². The van der Waals surface area contributed by atoms with Crippen LogP contribution in [0.4, 0.5) is 0 Å². The van der Waals surface area contributed by atoms with Gasteiger partial charge in [-0.3, -0.25) is 0 Å². The van der Waals surface area contributed by atoms with E-state index < -0.39 is 0 Å². The van der Waals surface area contributed by atoms with Gasteiger partial charge in [-0.1, -0.05) is 65.7 Å². The molecule has 0 amide bonds. The second kappa shape index (κ2) is 10.4. The highest BCUT2D eigenvalue weighted by Gasteiger charge is 2.17. The first-order chi connectivity index (χ1) is 7.59. The summed E-state index contributed by atoms with van der Waals surface area (Å²) in [5.74, 6) is 1.44. The van der Waals surface area contributed by atoms with Crippen molar-refractivity contribution < 1.29 is 0 Å². The quantitative estimate of drug-likeness (QED) is 0.326. The average Bonchev–Trinajstić information content (AvgIpc) is 2.21.